The third-order valence-corrected chi connectivity index (χ3v) is 10.5. The maximum atomic E-state index is 12.6. The van der Waals surface area contributed by atoms with Crippen LogP contribution in [0.4, 0.5) is 0 Å². The Morgan fingerprint density at radius 3 is 1.71 bits per heavy atom. The zero-order valence-corrected chi connectivity index (χ0v) is 37.6. The number of rotatable bonds is 39. The van der Waals surface area contributed by atoms with Crippen LogP contribution < -0.4 is 0 Å². The molecule has 5 atom stereocenters. The zero-order valence-electron chi connectivity index (χ0n) is 35.9. The summed E-state index contributed by atoms with van der Waals surface area (Å²) in [7, 11) is -9.70. The van der Waals surface area contributed by atoms with Crippen molar-refractivity contribution in [1.82, 2.24) is 0 Å². The van der Waals surface area contributed by atoms with Crippen molar-refractivity contribution in [3.05, 3.63) is 60.8 Å². The summed E-state index contributed by atoms with van der Waals surface area (Å²) < 4.78 is 47.7. The van der Waals surface area contributed by atoms with Crippen molar-refractivity contribution in [1.29, 1.82) is 0 Å². The molecule has 0 saturated heterocycles. The number of allylic oxidation sites excluding steroid dienone is 9. The van der Waals surface area contributed by atoms with Gasteiger partial charge in [-0.05, 0) is 50.9 Å². The van der Waals surface area contributed by atoms with Gasteiger partial charge in [0.2, 0.25) is 0 Å². The van der Waals surface area contributed by atoms with Crippen LogP contribution in [0.1, 0.15) is 149 Å². The Morgan fingerprint density at radius 1 is 0.593 bits per heavy atom. The van der Waals surface area contributed by atoms with E-state index in [2.05, 4.69) is 41.1 Å². The van der Waals surface area contributed by atoms with Crippen molar-refractivity contribution in [2.75, 3.05) is 26.4 Å². The van der Waals surface area contributed by atoms with Crippen LogP contribution in [0.2, 0.25) is 0 Å². The molecule has 5 N–H and O–H groups in total. The number of hydrogen-bond donors (Lipinski definition) is 5. The Hall–Kier alpha value is -2.22. The van der Waals surface area contributed by atoms with Gasteiger partial charge in [0.05, 0.1) is 25.9 Å². The second kappa shape index (κ2) is 37.5. The van der Waals surface area contributed by atoms with Gasteiger partial charge < -0.3 is 34.4 Å². The number of aliphatic hydroxyl groups is 2. The van der Waals surface area contributed by atoms with Gasteiger partial charge in [-0.25, -0.2) is 9.13 Å². The van der Waals surface area contributed by atoms with Crippen LogP contribution in [0.3, 0.4) is 0 Å². The van der Waals surface area contributed by atoms with E-state index in [9.17, 15) is 33.8 Å². The third-order valence-electron chi connectivity index (χ3n) is 9.11. The maximum Gasteiger partial charge on any atom is 0.472 e. The highest BCUT2D eigenvalue weighted by molar-refractivity contribution is 7.47. The molecular formula is C43H76O14P2. The summed E-state index contributed by atoms with van der Waals surface area (Å²) in [5, 5.41) is 19.2. The Kier molecular flexibility index (Phi) is 36.1. The molecule has 16 heteroatoms. The molecule has 0 bridgehead atoms. The maximum absolute atomic E-state index is 12.6. The molecule has 0 aliphatic heterocycles. The fraction of sp³-hybridized carbons (Fsp3) is 0.721. The first-order valence-corrected chi connectivity index (χ1v) is 24.5. The summed E-state index contributed by atoms with van der Waals surface area (Å²) in [4.78, 5) is 52.6. The molecule has 0 spiro atoms. The van der Waals surface area contributed by atoms with Gasteiger partial charge >= 0.3 is 27.6 Å². The monoisotopic (exact) mass is 878 g/mol. The highest BCUT2D eigenvalue weighted by Crippen LogP contribution is 2.43. The van der Waals surface area contributed by atoms with Crippen LogP contribution in [0.15, 0.2) is 60.8 Å². The van der Waals surface area contributed by atoms with E-state index in [0.717, 1.165) is 44.4 Å². The van der Waals surface area contributed by atoms with Gasteiger partial charge in [0.25, 0.3) is 0 Å². The second-order valence-electron chi connectivity index (χ2n) is 14.7. The average Bonchev–Trinajstić information content (AvgIpc) is 3.19. The van der Waals surface area contributed by atoms with Crippen molar-refractivity contribution in [2.24, 2.45) is 5.92 Å². The fourth-order valence-corrected chi connectivity index (χ4v) is 6.47. The Balaban J connectivity index is 4.66. The summed E-state index contributed by atoms with van der Waals surface area (Å²) in [6, 6.07) is 0. The highest BCUT2D eigenvalue weighted by atomic mass is 31.2. The number of phosphoric ester groups is 2. The Bertz CT molecular complexity index is 1310. The lowest BCUT2D eigenvalue weighted by atomic mass is 9.99. The molecule has 14 nitrogen and oxygen atoms in total. The number of ether oxygens (including phenoxy) is 2. The molecule has 342 valence electrons. The number of carbonyl (C=O) groups is 2. The van der Waals surface area contributed by atoms with Crippen LogP contribution in [0, 0.1) is 5.92 Å². The second-order valence-corrected chi connectivity index (χ2v) is 17.4. The molecule has 0 radical (unpaired) electrons. The number of carbonyl (C=O) groups excluding carboxylic acids is 2. The summed E-state index contributed by atoms with van der Waals surface area (Å²) >= 11 is 0. The van der Waals surface area contributed by atoms with Crippen LogP contribution in [0.25, 0.3) is 0 Å². The van der Waals surface area contributed by atoms with E-state index in [-0.39, 0.29) is 12.8 Å². The molecule has 0 aliphatic rings. The number of unbranched alkanes of at least 4 members (excludes halogenated alkanes) is 10. The largest absolute Gasteiger partial charge is 0.472 e. The summed E-state index contributed by atoms with van der Waals surface area (Å²) in [5.74, 6) is -0.304. The van der Waals surface area contributed by atoms with Gasteiger partial charge in [0.1, 0.15) is 12.7 Å². The van der Waals surface area contributed by atoms with Crippen molar-refractivity contribution >= 4 is 27.6 Å². The minimum absolute atomic E-state index is 0.0378. The minimum atomic E-state index is -4.87. The van der Waals surface area contributed by atoms with Gasteiger partial charge in [-0.3, -0.25) is 23.2 Å². The van der Waals surface area contributed by atoms with Gasteiger partial charge in [0.15, 0.2) is 6.10 Å². The van der Waals surface area contributed by atoms with E-state index in [4.69, 9.17) is 23.8 Å². The van der Waals surface area contributed by atoms with Crippen LogP contribution in [-0.4, -0.2) is 81.6 Å². The molecule has 0 aliphatic carbocycles. The third kappa shape index (κ3) is 40.9. The molecule has 0 rings (SSSR count). The van der Waals surface area contributed by atoms with Crippen LogP contribution in [-0.2, 0) is 41.8 Å². The van der Waals surface area contributed by atoms with E-state index in [1.54, 1.807) is 6.08 Å². The quantitative estimate of drug-likeness (QED) is 0.0128. The van der Waals surface area contributed by atoms with Crippen molar-refractivity contribution < 1.29 is 66.7 Å². The first-order valence-electron chi connectivity index (χ1n) is 21.5. The predicted molar refractivity (Wildman–Crippen MR) is 231 cm³/mol. The minimum Gasteiger partial charge on any atom is -0.462 e. The normalized spacial score (nSPS) is 15.7. The molecule has 0 fully saturated rings. The topological polar surface area (TPSA) is 216 Å². The van der Waals surface area contributed by atoms with Crippen LogP contribution in [0.5, 0.6) is 0 Å². The van der Waals surface area contributed by atoms with E-state index in [0.29, 0.717) is 25.7 Å². The highest BCUT2D eigenvalue weighted by Gasteiger charge is 2.28. The number of phosphoric acid groups is 2. The molecule has 0 aromatic heterocycles. The van der Waals surface area contributed by atoms with Gasteiger partial charge in [-0.2, -0.15) is 0 Å². The summed E-state index contributed by atoms with van der Waals surface area (Å²) in [6.45, 7) is 3.67. The van der Waals surface area contributed by atoms with Crippen molar-refractivity contribution in [3.63, 3.8) is 0 Å². The molecule has 0 saturated carbocycles. The van der Waals surface area contributed by atoms with Crippen LogP contribution >= 0.6 is 15.6 Å². The lowest BCUT2D eigenvalue weighted by molar-refractivity contribution is -0.161. The number of hydrogen-bond acceptors (Lipinski definition) is 11. The molecular weight excluding hydrogens is 802 g/mol. The van der Waals surface area contributed by atoms with E-state index < -0.39 is 72.3 Å². The Labute approximate surface area is 354 Å². The molecule has 0 amide bonds. The SMILES string of the molecule is CCC(C)CCCCCCCCCCCCC(=O)OC[C@H](COP(=O)(O)OC[C@@H](O)COP(=O)(O)O)OC(=O)CCC/C=C\C/C=C\C/C=C\C/C=C\C=C\[C@H](O)CC. The molecule has 2 unspecified atom stereocenters. The first kappa shape index (κ1) is 56.8. The van der Waals surface area contributed by atoms with E-state index in [1.807, 2.05) is 43.4 Å². The lowest BCUT2D eigenvalue weighted by Crippen LogP contribution is -2.29. The van der Waals surface area contributed by atoms with Gasteiger partial charge in [-0.1, -0.05) is 152 Å². The van der Waals surface area contributed by atoms with Crippen molar-refractivity contribution in [3.8, 4) is 0 Å². The predicted octanol–water partition coefficient (Wildman–Crippen LogP) is 9.67. The fourth-order valence-electron chi connectivity index (χ4n) is 5.31. The smallest absolute Gasteiger partial charge is 0.462 e. The Morgan fingerprint density at radius 2 is 1.12 bits per heavy atom. The van der Waals surface area contributed by atoms with Gasteiger partial charge in [-0.15, -0.1) is 0 Å². The standard InChI is InChI=1S/C43H76O14P2/c1-4-38(3)30-26-22-18-14-12-13-16-20-24-28-32-42(46)53-36-41(37-56-59(51,52)55-35-40(45)34-54-58(48,49)50)57-43(47)33-29-25-21-17-11-9-7-6-8-10-15-19-23-27-31-39(44)5-2/h7-10,17,19,21,23,27,31,38-41,44-45H,4-6,11-16,18,20,22,24-26,28-30,32-37H2,1-3H3,(H,51,52)(H2,48,49,50)/b9-7-,10-8-,21-17-,23-19-,31-27+/t38?,39-,40+,41-/m1/s1. The first-order chi connectivity index (χ1) is 28.2. The number of esters is 2. The summed E-state index contributed by atoms with van der Waals surface area (Å²) in [6.07, 6.45) is 34.6. The average molecular weight is 879 g/mol. The molecule has 59 heavy (non-hydrogen) atoms. The van der Waals surface area contributed by atoms with Crippen molar-refractivity contribution in [2.45, 2.75) is 167 Å². The summed E-state index contributed by atoms with van der Waals surface area (Å²) in [5.41, 5.74) is 0. The van der Waals surface area contributed by atoms with E-state index in [1.165, 1.54) is 51.4 Å². The van der Waals surface area contributed by atoms with Gasteiger partial charge in [0, 0.05) is 12.8 Å². The molecule has 0 heterocycles. The molecule has 0 aromatic rings. The van der Waals surface area contributed by atoms with E-state index >= 15 is 0 Å². The lowest BCUT2D eigenvalue weighted by Gasteiger charge is -2.20. The zero-order chi connectivity index (χ0) is 44.0. The molecule has 0 aromatic carbocycles. The number of aliphatic hydroxyl groups excluding tert-OH is 2.